The third kappa shape index (κ3) is 2.59. The van der Waals surface area contributed by atoms with Gasteiger partial charge in [-0.05, 0) is 37.2 Å². The van der Waals surface area contributed by atoms with Gasteiger partial charge in [0, 0.05) is 12.1 Å². The Morgan fingerprint density at radius 1 is 1.60 bits per heavy atom. The summed E-state index contributed by atoms with van der Waals surface area (Å²) in [6.07, 6.45) is -0.276. The van der Waals surface area contributed by atoms with Crippen molar-refractivity contribution in [2.75, 3.05) is 32.3 Å². The van der Waals surface area contributed by atoms with Crippen molar-refractivity contribution < 1.29 is 14.7 Å². The molecule has 108 valence electrons. The smallest absolute Gasteiger partial charge is 0.411 e. The fraction of sp³-hybridized carbons (Fsp3) is 0.385. The number of nitrogens with one attached hydrogen (secondary N) is 2. The van der Waals surface area contributed by atoms with Crippen LogP contribution in [0.1, 0.15) is 11.1 Å². The molecule has 0 aliphatic carbocycles. The fourth-order valence-electron chi connectivity index (χ4n) is 2.27. The number of carbonyl (C=O) groups is 1. The number of anilines is 1. The standard InChI is InChI=1S/C13H18N4O3/c1-15-8-17(20-2)12(14)10-3-4-11-9(7-10)5-6-16(11)13(18)19/h3-4,7,14-15H,5-6,8H2,1-2H3,(H,18,19). The Labute approximate surface area is 117 Å². The zero-order chi connectivity index (χ0) is 14.7. The number of benzene rings is 1. The van der Waals surface area contributed by atoms with Gasteiger partial charge in [0.25, 0.3) is 0 Å². The molecule has 0 unspecified atom stereocenters. The van der Waals surface area contributed by atoms with E-state index in [9.17, 15) is 4.79 Å². The second kappa shape index (κ2) is 5.89. The maximum Gasteiger partial charge on any atom is 0.411 e. The molecule has 0 bridgehead atoms. The van der Waals surface area contributed by atoms with Gasteiger partial charge in [0.05, 0.1) is 19.5 Å². The van der Waals surface area contributed by atoms with Gasteiger partial charge < -0.3 is 10.4 Å². The summed E-state index contributed by atoms with van der Waals surface area (Å²) in [4.78, 5) is 17.5. The molecule has 1 aliphatic heterocycles. The first-order valence-electron chi connectivity index (χ1n) is 6.27. The van der Waals surface area contributed by atoms with E-state index in [4.69, 9.17) is 15.4 Å². The van der Waals surface area contributed by atoms with Crippen molar-refractivity contribution >= 4 is 17.6 Å². The molecule has 0 radical (unpaired) electrons. The van der Waals surface area contributed by atoms with Crippen molar-refractivity contribution in [3.63, 3.8) is 0 Å². The van der Waals surface area contributed by atoms with Crippen LogP contribution in [-0.4, -0.2) is 49.5 Å². The quantitative estimate of drug-likeness (QED) is 0.332. The number of amides is 1. The normalized spacial score (nSPS) is 13.2. The van der Waals surface area contributed by atoms with E-state index in [2.05, 4.69) is 5.32 Å². The number of fused-ring (bicyclic) bond motifs is 1. The van der Waals surface area contributed by atoms with Crippen LogP contribution in [0.25, 0.3) is 0 Å². The molecule has 1 heterocycles. The van der Waals surface area contributed by atoms with Crippen molar-refractivity contribution in [2.45, 2.75) is 6.42 Å². The molecular formula is C13H18N4O3. The lowest BCUT2D eigenvalue weighted by molar-refractivity contribution is -0.0689. The average Bonchev–Trinajstić information content (AvgIpc) is 2.87. The zero-order valence-electron chi connectivity index (χ0n) is 11.5. The Hall–Kier alpha value is -2.12. The van der Waals surface area contributed by atoms with Crippen LogP contribution in [-0.2, 0) is 11.3 Å². The van der Waals surface area contributed by atoms with E-state index in [0.29, 0.717) is 30.9 Å². The van der Waals surface area contributed by atoms with Gasteiger partial charge in [-0.1, -0.05) is 0 Å². The van der Waals surface area contributed by atoms with E-state index in [1.807, 2.05) is 6.07 Å². The van der Waals surface area contributed by atoms with Crippen LogP contribution < -0.4 is 10.2 Å². The first kappa shape index (κ1) is 14.3. The fourth-order valence-corrected chi connectivity index (χ4v) is 2.27. The maximum absolute atomic E-state index is 11.1. The molecule has 1 aromatic rings. The Balaban J connectivity index is 2.24. The molecular weight excluding hydrogens is 260 g/mol. The van der Waals surface area contributed by atoms with Crippen molar-refractivity contribution in [2.24, 2.45) is 0 Å². The van der Waals surface area contributed by atoms with E-state index < -0.39 is 6.09 Å². The van der Waals surface area contributed by atoms with Gasteiger partial charge in [-0.3, -0.25) is 15.1 Å². The van der Waals surface area contributed by atoms with Gasteiger partial charge in [0.2, 0.25) is 0 Å². The topological polar surface area (TPSA) is 88.9 Å². The first-order chi connectivity index (χ1) is 9.58. The van der Waals surface area contributed by atoms with Crippen molar-refractivity contribution in [3.05, 3.63) is 29.3 Å². The maximum atomic E-state index is 11.1. The van der Waals surface area contributed by atoms with Crippen LogP contribution in [0.2, 0.25) is 0 Å². The van der Waals surface area contributed by atoms with Crippen LogP contribution >= 0.6 is 0 Å². The van der Waals surface area contributed by atoms with Crippen molar-refractivity contribution in [1.82, 2.24) is 10.4 Å². The summed E-state index contributed by atoms with van der Waals surface area (Å²) in [6, 6.07) is 5.33. The van der Waals surface area contributed by atoms with Crippen molar-refractivity contribution in [1.29, 1.82) is 5.41 Å². The number of hydrogen-bond acceptors (Lipinski definition) is 4. The second-order valence-electron chi connectivity index (χ2n) is 4.45. The average molecular weight is 278 g/mol. The largest absolute Gasteiger partial charge is 0.465 e. The molecule has 1 amide bonds. The molecule has 0 aromatic heterocycles. The minimum Gasteiger partial charge on any atom is -0.465 e. The van der Waals surface area contributed by atoms with Gasteiger partial charge >= 0.3 is 6.09 Å². The van der Waals surface area contributed by atoms with Crippen LogP contribution in [0.5, 0.6) is 0 Å². The number of hydroxylamine groups is 2. The molecule has 0 atom stereocenters. The van der Waals surface area contributed by atoms with Crippen LogP contribution in [0.15, 0.2) is 18.2 Å². The van der Waals surface area contributed by atoms with E-state index in [-0.39, 0.29) is 5.84 Å². The Morgan fingerprint density at radius 2 is 2.35 bits per heavy atom. The van der Waals surface area contributed by atoms with Crippen LogP contribution in [0.3, 0.4) is 0 Å². The molecule has 0 saturated carbocycles. The number of hydrogen-bond donors (Lipinski definition) is 3. The van der Waals surface area contributed by atoms with Gasteiger partial charge in [0.15, 0.2) is 5.84 Å². The molecule has 0 saturated heterocycles. The predicted octanol–water partition coefficient (Wildman–Crippen LogP) is 1.09. The molecule has 2 rings (SSSR count). The van der Waals surface area contributed by atoms with Gasteiger partial charge in [-0.25, -0.2) is 9.86 Å². The summed E-state index contributed by atoms with van der Waals surface area (Å²) in [7, 11) is 3.28. The summed E-state index contributed by atoms with van der Waals surface area (Å²) < 4.78 is 0. The highest BCUT2D eigenvalue weighted by molar-refractivity contribution is 5.97. The van der Waals surface area contributed by atoms with E-state index >= 15 is 0 Å². The summed E-state index contributed by atoms with van der Waals surface area (Å²) >= 11 is 0. The Morgan fingerprint density at radius 3 is 2.95 bits per heavy atom. The molecule has 0 fully saturated rings. The monoisotopic (exact) mass is 278 g/mol. The number of carboxylic acid groups (broad SMARTS) is 1. The predicted molar refractivity (Wildman–Crippen MR) is 75.1 cm³/mol. The van der Waals surface area contributed by atoms with Gasteiger partial charge in [-0.15, -0.1) is 0 Å². The third-order valence-electron chi connectivity index (χ3n) is 3.25. The number of amidine groups is 1. The zero-order valence-corrected chi connectivity index (χ0v) is 11.5. The highest BCUT2D eigenvalue weighted by Gasteiger charge is 2.25. The van der Waals surface area contributed by atoms with E-state index in [1.54, 1.807) is 19.2 Å². The summed E-state index contributed by atoms with van der Waals surface area (Å²) in [5.41, 5.74) is 2.34. The lowest BCUT2D eigenvalue weighted by Crippen LogP contribution is -2.36. The van der Waals surface area contributed by atoms with E-state index in [0.717, 1.165) is 5.56 Å². The lowest BCUT2D eigenvalue weighted by Gasteiger charge is -2.22. The number of nitrogens with zero attached hydrogens (tertiary/aromatic N) is 2. The van der Waals surface area contributed by atoms with Crippen LogP contribution in [0.4, 0.5) is 10.5 Å². The Bertz CT molecular complexity index is 532. The molecule has 1 aliphatic rings. The molecule has 1 aromatic carbocycles. The third-order valence-corrected chi connectivity index (χ3v) is 3.25. The second-order valence-corrected chi connectivity index (χ2v) is 4.45. The lowest BCUT2D eigenvalue weighted by atomic mass is 10.1. The van der Waals surface area contributed by atoms with Gasteiger partial charge in [-0.2, -0.15) is 0 Å². The highest BCUT2D eigenvalue weighted by atomic mass is 16.7. The minimum absolute atomic E-state index is 0.235. The molecule has 0 spiro atoms. The summed E-state index contributed by atoms with van der Waals surface area (Å²) in [6.45, 7) is 0.861. The van der Waals surface area contributed by atoms with Gasteiger partial charge in [0.1, 0.15) is 0 Å². The van der Waals surface area contributed by atoms with Crippen LogP contribution in [0, 0.1) is 5.41 Å². The first-order valence-corrected chi connectivity index (χ1v) is 6.27. The summed E-state index contributed by atoms with van der Waals surface area (Å²) in [5, 5.41) is 21.5. The molecule has 3 N–H and O–H groups in total. The summed E-state index contributed by atoms with van der Waals surface area (Å²) in [5.74, 6) is 0.235. The van der Waals surface area contributed by atoms with E-state index in [1.165, 1.54) is 17.1 Å². The highest BCUT2D eigenvalue weighted by Crippen LogP contribution is 2.29. The number of rotatable bonds is 4. The minimum atomic E-state index is -0.944. The van der Waals surface area contributed by atoms with Crippen molar-refractivity contribution in [3.8, 4) is 0 Å². The molecule has 20 heavy (non-hydrogen) atoms. The Kier molecular flexibility index (Phi) is 4.21. The SMILES string of the molecule is CNCN(OC)C(=N)c1ccc2c(c1)CCN2C(=O)O. The molecule has 7 heteroatoms. The molecule has 7 nitrogen and oxygen atoms in total.